The first kappa shape index (κ1) is 13.6. The van der Waals surface area contributed by atoms with Gasteiger partial charge in [0.15, 0.2) is 0 Å². The van der Waals surface area contributed by atoms with Crippen molar-refractivity contribution in [2.24, 2.45) is 0 Å². The lowest BCUT2D eigenvalue weighted by Gasteiger charge is -2.11. The van der Waals surface area contributed by atoms with Crippen molar-refractivity contribution in [3.63, 3.8) is 0 Å². The van der Waals surface area contributed by atoms with Gasteiger partial charge >= 0.3 is 0 Å². The molecule has 4 heteroatoms. The summed E-state index contributed by atoms with van der Waals surface area (Å²) in [5, 5.41) is 14.2. The molecule has 0 bridgehead atoms. The topological polar surface area (TPSA) is 29.5 Å². The van der Waals surface area contributed by atoms with Crippen LogP contribution in [0.1, 0.15) is 30.6 Å². The average Bonchev–Trinajstić information content (AvgIpc) is 2.82. The molecule has 0 amide bonds. The van der Waals surface area contributed by atoms with Crippen molar-refractivity contribution in [2.75, 3.05) is 6.61 Å². The molecule has 0 aliphatic heterocycles. The first-order valence-corrected chi connectivity index (χ1v) is 7.58. The van der Waals surface area contributed by atoms with Crippen molar-refractivity contribution >= 4 is 27.3 Å². The van der Waals surface area contributed by atoms with E-state index in [0.717, 1.165) is 34.4 Å². The maximum Gasteiger partial charge on any atom is 0.119 e. The Morgan fingerprint density at radius 2 is 2.00 bits per heavy atom. The molecule has 0 spiro atoms. The fourth-order valence-corrected chi connectivity index (χ4v) is 3.16. The minimum absolute atomic E-state index is 0.592. The Bertz CT molecular complexity index is 493. The molecule has 0 fully saturated rings. The Hall–Kier alpha value is -0.840. The molecule has 2 rings (SSSR count). The van der Waals surface area contributed by atoms with Crippen LogP contribution in [-0.2, 0) is 0 Å². The Morgan fingerprint density at radius 1 is 1.28 bits per heavy atom. The smallest absolute Gasteiger partial charge is 0.119 e. The molecule has 1 N–H and O–H groups in total. The highest BCUT2D eigenvalue weighted by Gasteiger charge is 2.14. The van der Waals surface area contributed by atoms with Gasteiger partial charge in [-0.3, -0.25) is 0 Å². The number of aliphatic hydroxyl groups is 1. The van der Waals surface area contributed by atoms with Gasteiger partial charge in [0.05, 0.1) is 6.61 Å². The molecule has 2 nitrogen and oxygen atoms in total. The second-order valence-corrected chi connectivity index (χ2v) is 5.59. The van der Waals surface area contributed by atoms with Gasteiger partial charge in [0.1, 0.15) is 11.9 Å². The van der Waals surface area contributed by atoms with E-state index < -0.39 is 6.10 Å². The van der Waals surface area contributed by atoms with Crippen LogP contribution in [0.4, 0.5) is 0 Å². The minimum atomic E-state index is -0.592. The van der Waals surface area contributed by atoms with Crippen molar-refractivity contribution in [3.8, 4) is 5.75 Å². The molecule has 1 aromatic heterocycles. The van der Waals surface area contributed by atoms with Gasteiger partial charge in [-0.15, -0.1) is 0 Å². The fraction of sp³-hybridized carbons (Fsp3) is 0.286. The van der Waals surface area contributed by atoms with Crippen LogP contribution >= 0.6 is 27.3 Å². The molecular formula is C14H15BrO2S. The maximum atomic E-state index is 10.3. The largest absolute Gasteiger partial charge is 0.494 e. The average molecular weight is 327 g/mol. The van der Waals surface area contributed by atoms with Gasteiger partial charge in [-0.1, -0.05) is 19.1 Å². The van der Waals surface area contributed by atoms with E-state index in [9.17, 15) is 5.11 Å². The number of rotatable bonds is 5. The molecule has 0 saturated heterocycles. The molecule has 1 unspecified atom stereocenters. The van der Waals surface area contributed by atoms with Gasteiger partial charge < -0.3 is 9.84 Å². The number of thiophene rings is 1. The van der Waals surface area contributed by atoms with E-state index in [4.69, 9.17) is 4.74 Å². The van der Waals surface area contributed by atoms with Crippen LogP contribution in [0.15, 0.2) is 39.5 Å². The van der Waals surface area contributed by atoms with Crippen LogP contribution in [0.5, 0.6) is 5.75 Å². The predicted octanol–water partition coefficient (Wildman–Crippen LogP) is 4.38. The quantitative estimate of drug-likeness (QED) is 0.883. The van der Waals surface area contributed by atoms with Crippen LogP contribution in [0.2, 0.25) is 0 Å². The molecule has 0 aliphatic rings. The fourth-order valence-electron chi connectivity index (χ4n) is 1.63. The van der Waals surface area contributed by atoms with Crippen molar-refractivity contribution in [3.05, 3.63) is 50.6 Å². The van der Waals surface area contributed by atoms with Gasteiger partial charge in [-0.05, 0) is 45.4 Å². The molecule has 1 aromatic carbocycles. The monoisotopic (exact) mass is 326 g/mol. The highest BCUT2D eigenvalue weighted by Crippen LogP contribution is 2.32. The number of aliphatic hydroxyl groups excluding tert-OH is 1. The predicted molar refractivity (Wildman–Crippen MR) is 78.3 cm³/mol. The molecule has 0 radical (unpaired) electrons. The van der Waals surface area contributed by atoms with E-state index in [2.05, 4.69) is 22.9 Å². The standard InChI is InChI=1S/C14H15BrO2S/c1-2-7-17-11-5-3-10(4-6-11)14(16)12-8-18-9-13(12)15/h3-6,8-9,14,16H,2,7H2,1H3. The van der Waals surface area contributed by atoms with Gasteiger partial charge in [0, 0.05) is 15.4 Å². The van der Waals surface area contributed by atoms with Gasteiger partial charge in [0.25, 0.3) is 0 Å². The van der Waals surface area contributed by atoms with Crippen LogP contribution < -0.4 is 4.74 Å². The first-order valence-electron chi connectivity index (χ1n) is 5.84. The van der Waals surface area contributed by atoms with Crippen molar-refractivity contribution in [1.82, 2.24) is 0 Å². The lowest BCUT2D eigenvalue weighted by molar-refractivity contribution is 0.220. The third-order valence-electron chi connectivity index (χ3n) is 2.61. The van der Waals surface area contributed by atoms with Crippen LogP contribution in [0, 0.1) is 0 Å². The number of benzene rings is 1. The summed E-state index contributed by atoms with van der Waals surface area (Å²) in [6.45, 7) is 2.80. The molecule has 1 heterocycles. The zero-order valence-corrected chi connectivity index (χ0v) is 12.5. The molecule has 1 atom stereocenters. The maximum absolute atomic E-state index is 10.3. The summed E-state index contributed by atoms with van der Waals surface area (Å²) in [5.74, 6) is 0.845. The zero-order chi connectivity index (χ0) is 13.0. The molecule has 2 aromatic rings. The third-order valence-corrected chi connectivity index (χ3v) is 4.36. The summed E-state index contributed by atoms with van der Waals surface area (Å²) >= 11 is 5.01. The molecule has 96 valence electrons. The number of hydrogen-bond donors (Lipinski definition) is 1. The van der Waals surface area contributed by atoms with Gasteiger partial charge in [0.2, 0.25) is 0 Å². The Morgan fingerprint density at radius 3 is 2.56 bits per heavy atom. The van der Waals surface area contributed by atoms with Crippen LogP contribution in [0.25, 0.3) is 0 Å². The Kier molecular flexibility index (Phi) is 4.80. The van der Waals surface area contributed by atoms with Crippen molar-refractivity contribution in [1.29, 1.82) is 0 Å². The summed E-state index contributed by atoms with van der Waals surface area (Å²) < 4.78 is 6.47. The highest BCUT2D eigenvalue weighted by molar-refractivity contribution is 9.10. The summed E-state index contributed by atoms with van der Waals surface area (Å²) in [4.78, 5) is 0. The zero-order valence-electron chi connectivity index (χ0n) is 10.1. The van der Waals surface area contributed by atoms with E-state index in [-0.39, 0.29) is 0 Å². The second kappa shape index (κ2) is 6.36. The van der Waals surface area contributed by atoms with Gasteiger partial charge in [-0.2, -0.15) is 11.3 Å². The summed E-state index contributed by atoms with van der Waals surface area (Å²) in [6, 6.07) is 7.60. The second-order valence-electron chi connectivity index (χ2n) is 4.00. The van der Waals surface area contributed by atoms with E-state index in [0.29, 0.717) is 0 Å². The summed E-state index contributed by atoms with van der Waals surface area (Å²) in [6.07, 6.45) is 0.400. The van der Waals surface area contributed by atoms with Crippen LogP contribution in [-0.4, -0.2) is 11.7 Å². The molecular weight excluding hydrogens is 312 g/mol. The minimum Gasteiger partial charge on any atom is -0.494 e. The molecule has 18 heavy (non-hydrogen) atoms. The highest BCUT2D eigenvalue weighted by atomic mass is 79.9. The number of halogens is 1. The lowest BCUT2D eigenvalue weighted by atomic mass is 10.0. The van der Waals surface area contributed by atoms with E-state index >= 15 is 0 Å². The van der Waals surface area contributed by atoms with Gasteiger partial charge in [-0.25, -0.2) is 0 Å². The van der Waals surface area contributed by atoms with Crippen LogP contribution in [0.3, 0.4) is 0 Å². The number of ether oxygens (including phenoxy) is 1. The lowest BCUT2D eigenvalue weighted by Crippen LogP contribution is -1.99. The third kappa shape index (κ3) is 3.13. The Balaban J connectivity index is 2.12. The summed E-state index contributed by atoms with van der Waals surface area (Å²) in [7, 11) is 0. The number of hydrogen-bond acceptors (Lipinski definition) is 3. The normalized spacial score (nSPS) is 12.4. The van der Waals surface area contributed by atoms with Crippen molar-refractivity contribution < 1.29 is 9.84 Å². The Labute approximate surface area is 119 Å². The summed E-state index contributed by atoms with van der Waals surface area (Å²) in [5.41, 5.74) is 1.78. The first-order chi connectivity index (χ1) is 8.72. The molecule has 0 saturated carbocycles. The SMILES string of the molecule is CCCOc1ccc(C(O)c2cscc2Br)cc1. The van der Waals surface area contributed by atoms with E-state index in [1.807, 2.05) is 35.0 Å². The van der Waals surface area contributed by atoms with E-state index in [1.54, 1.807) is 11.3 Å². The van der Waals surface area contributed by atoms with E-state index in [1.165, 1.54) is 0 Å². The van der Waals surface area contributed by atoms with Crippen molar-refractivity contribution in [2.45, 2.75) is 19.4 Å². The molecule has 0 aliphatic carbocycles.